The Morgan fingerprint density at radius 3 is 2.67 bits per heavy atom. The average Bonchev–Trinajstić information content (AvgIpc) is 2.37. The number of carboxylic acid groups (broad SMARTS) is 1. The number of benzene rings is 1. The number of halogens is 1. The predicted molar refractivity (Wildman–Crippen MR) is 75.3 cm³/mol. The van der Waals surface area contributed by atoms with Crippen molar-refractivity contribution in [1.29, 1.82) is 0 Å². The highest BCUT2D eigenvalue weighted by Gasteiger charge is 2.20. The Hall–Kier alpha value is -2.37. The molecule has 112 valence electrons. The molecule has 0 fully saturated rings. The number of aryl methyl sites for hydroxylation is 1. The van der Waals surface area contributed by atoms with Crippen molar-refractivity contribution in [2.45, 2.75) is 32.4 Å². The molecule has 6 heteroatoms. The maximum absolute atomic E-state index is 13.3. The quantitative estimate of drug-likeness (QED) is 0.799. The molecule has 1 aromatic rings. The van der Waals surface area contributed by atoms with Crippen LogP contribution in [0.3, 0.4) is 0 Å². The molecular formula is C15H16FNO4. The van der Waals surface area contributed by atoms with Crippen molar-refractivity contribution in [2.75, 3.05) is 5.32 Å². The summed E-state index contributed by atoms with van der Waals surface area (Å²) in [4.78, 5) is 23.0. The van der Waals surface area contributed by atoms with Crippen molar-refractivity contribution < 1.29 is 24.2 Å². The molecule has 0 bridgehead atoms. The van der Waals surface area contributed by atoms with Crippen molar-refractivity contribution in [3.63, 3.8) is 0 Å². The van der Waals surface area contributed by atoms with E-state index in [1.54, 1.807) is 6.08 Å². The Balaban J connectivity index is 2.19. The number of amides is 1. The van der Waals surface area contributed by atoms with Crippen molar-refractivity contribution in [2.24, 2.45) is 0 Å². The van der Waals surface area contributed by atoms with Gasteiger partial charge in [0.15, 0.2) is 0 Å². The number of carbonyl (C=O) groups is 2. The SMILES string of the molecule is Cc1cc(NC(=O)C2=CCCC(F)C2)cc(O)c1C(=O)O. The fourth-order valence-electron chi connectivity index (χ4n) is 2.38. The number of aromatic hydroxyl groups is 1. The summed E-state index contributed by atoms with van der Waals surface area (Å²) in [5, 5.41) is 21.2. The van der Waals surface area contributed by atoms with Crippen molar-refractivity contribution in [1.82, 2.24) is 0 Å². The van der Waals surface area contributed by atoms with Gasteiger partial charge < -0.3 is 15.5 Å². The zero-order valence-corrected chi connectivity index (χ0v) is 11.5. The molecule has 0 saturated heterocycles. The van der Waals surface area contributed by atoms with Crippen molar-refractivity contribution in [3.8, 4) is 5.75 Å². The molecule has 1 aliphatic rings. The van der Waals surface area contributed by atoms with E-state index in [0.29, 0.717) is 24.0 Å². The molecule has 21 heavy (non-hydrogen) atoms. The Kier molecular flexibility index (Phi) is 4.26. The van der Waals surface area contributed by atoms with Gasteiger partial charge in [-0.25, -0.2) is 9.18 Å². The number of hydrogen-bond acceptors (Lipinski definition) is 3. The first kappa shape index (κ1) is 15.0. The number of hydrogen-bond donors (Lipinski definition) is 3. The molecule has 0 saturated carbocycles. The van der Waals surface area contributed by atoms with Gasteiger partial charge in [-0.3, -0.25) is 4.79 Å². The second kappa shape index (κ2) is 5.95. The number of nitrogens with one attached hydrogen (secondary N) is 1. The molecule has 0 aliphatic heterocycles. The molecule has 5 nitrogen and oxygen atoms in total. The highest BCUT2D eigenvalue weighted by atomic mass is 19.1. The summed E-state index contributed by atoms with van der Waals surface area (Å²) < 4.78 is 13.3. The molecule has 0 spiro atoms. The third-order valence-corrected chi connectivity index (χ3v) is 3.39. The number of alkyl halides is 1. The zero-order chi connectivity index (χ0) is 15.6. The van der Waals surface area contributed by atoms with Crippen LogP contribution in [-0.4, -0.2) is 28.3 Å². The van der Waals surface area contributed by atoms with Crippen LogP contribution in [0, 0.1) is 6.92 Å². The number of carbonyl (C=O) groups excluding carboxylic acids is 1. The molecular weight excluding hydrogens is 277 g/mol. The fraction of sp³-hybridized carbons (Fsp3) is 0.333. The van der Waals surface area contributed by atoms with Gasteiger partial charge in [-0.05, 0) is 31.4 Å². The summed E-state index contributed by atoms with van der Waals surface area (Å²) in [6.07, 6.45) is 1.70. The van der Waals surface area contributed by atoms with Crippen molar-refractivity contribution >= 4 is 17.6 Å². The van der Waals surface area contributed by atoms with Crippen LogP contribution < -0.4 is 5.32 Å². The van der Waals surface area contributed by atoms with Crippen LogP contribution in [0.4, 0.5) is 10.1 Å². The molecule has 1 unspecified atom stereocenters. The lowest BCUT2D eigenvalue weighted by molar-refractivity contribution is -0.113. The number of aromatic carboxylic acids is 1. The Labute approximate surface area is 121 Å². The molecule has 1 amide bonds. The number of phenols is 1. The smallest absolute Gasteiger partial charge is 0.339 e. The van der Waals surface area contributed by atoms with Gasteiger partial charge >= 0.3 is 5.97 Å². The number of carboxylic acids is 1. The van der Waals surface area contributed by atoms with E-state index >= 15 is 0 Å². The van der Waals surface area contributed by atoms with Gasteiger partial charge in [0, 0.05) is 23.7 Å². The van der Waals surface area contributed by atoms with Crippen LogP contribution >= 0.6 is 0 Å². The third-order valence-electron chi connectivity index (χ3n) is 3.39. The standard InChI is InChI=1S/C15H16FNO4/c1-8-5-11(7-12(18)13(8)15(20)21)17-14(19)9-3-2-4-10(16)6-9/h3,5,7,10,18H,2,4,6H2,1H3,(H,17,19)(H,20,21). The van der Waals surface area contributed by atoms with E-state index in [9.17, 15) is 19.1 Å². The fourth-order valence-corrected chi connectivity index (χ4v) is 2.38. The minimum atomic E-state index is -1.24. The second-order valence-electron chi connectivity index (χ2n) is 5.05. The van der Waals surface area contributed by atoms with Gasteiger partial charge in [0.05, 0.1) is 0 Å². The number of anilines is 1. The minimum absolute atomic E-state index is 0.0734. The molecule has 0 radical (unpaired) electrons. The first-order chi connectivity index (χ1) is 9.88. The zero-order valence-electron chi connectivity index (χ0n) is 11.5. The monoisotopic (exact) mass is 293 g/mol. The average molecular weight is 293 g/mol. The molecule has 3 N–H and O–H groups in total. The lowest BCUT2D eigenvalue weighted by Crippen LogP contribution is -2.20. The Morgan fingerprint density at radius 2 is 2.10 bits per heavy atom. The van der Waals surface area contributed by atoms with E-state index < -0.39 is 23.8 Å². The van der Waals surface area contributed by atoms with Gasteiger partial charge in [0.1, 0.15) is 17.5 Å². The van der Waals surface area contributed by atoms with Crippen molar-refractivity contribution in [3.05, 3.63) is 34.9 Å². The minimum Gasteiger partial charge on any atom is -0.507 e. The van der Waals surface area contributed by atoms with Gasteiger partial charge in [-0.15, -0.1) is 0 Å². The number of allylic oxidation sites excluding steroid dienone is 1. The molecule has 1 aromatic carbocycles. The van der Waals surface area contributed by atoms with E-state index in [1.807, 2.05) is 0 Å². The van der Waals surface area contributed by atoms with Crippen LogP contribution in [-0.2, 0) is 4.79 Å². The van der Waals surface area contributed by atoms with E-state index in [-0.39, 0.29) is 17.7 Å². The van der Waals surface area contributed by atoms with E-state index in [4.69, 9.17) is 5.11 Å². The maximum Gasteiger partial charge on any atom is 0.339 e. The first-order valence-electron chi connectivity index (χ1n) is 6.60. The highest BCUT2D eigenvalue weighted by Crippen LogP contribution is 2.27. The normalized spacial score (nSPS) is 18.0. The lowest BCUT2D eigenvalue weighted by Gasteiger charge is -2.16. The van der Waals surface area contributed by atoms with Gasteiger partial charge in [0.25, 0.3) is 5.91 Å². The molecule has 0 heterocycles. The van der Waals surface area contributed by atoms with Crippen LogP contribution in [0.15, 0.2) is 23.8 Å². The first-order valence-corrected chi connectivity index (χ1v) is 6.60. The molecule has 2 rings (SSSR count). The lowest BCUT2D eigenvalue weighted by atomic mass is 9.97. The molecule has 1 atom stereocenters. The van der Waals surface area contributed by atoms with Gasteiger partial charge in [-0.2, -0.15) is 0 Å². The van der Waals surface area contributed by atoms with Crippen LogP contribution in [0.1, 0.15) is 35.2 Å². The van der Waals surface area contributed by atoms with Crippen LogP contribution in [0.25, 0.3) is 0 Å². The van der Waals surface area contributed by atoms with E-state index in [1.165, 1.54) is 19.1 Å². The third kappa shape index (κ3) is 3.39. The van der Waals surface area contributed by atoms with E-state index in [2.05, 4.69) is 5.32 Å². The summed E-state index contributed by atoms with van der Waals surface area (Å²) in [7, 11) is 0. The molecule has 1 aliphatic carbocycles. The predicted octanol–water partition coefficient (Wildman–Crippen LogP) is 2.79. The van der Waals surface area contributed by atoms with Gasteiger partial charge in [0.2, 0.25) is 0 Å². The van der Waals surface area contributed by atoms with E-state index in [0.717, 1.165) is 0 Å². The summed E-state index contributed by atoms with van der Waals surface area (Å²) in [6, 6.07) is 2.63. The van der Waals surface area contributed by atoms with Gasteiger partial charge in [-0.1, -0.05) is 6.08 Å². The Morgan fingerprint density at radius 1 is 1.38 bits per heavy atom. The van der Waals surface area contributed by atoms with Crippen LogP contribution in [0.2, 0.25) is 0 Å². The summed E-state index contributed by atoms with van der Waals surface area (Å²) in [5.41, 5.74) is 0.780. The summed E-state index contributed by atoms with van der Waals surface area (Å²) in [5.74, 6) is -2.09. The number of rotatable bonds is 3. The molecule has 0 aromatic heterocycles. The largest absolute Gasteiger partial charge is 0.507 e. The summed E-state index contributed by atoms with van der Waals surface area (Å²) >= 11 is 0. The topological polar surface area (TPSA) is 86.6 Å². The highest BCUT2D eigenvalue weighted by molar-refractivity contribution is 6.04. The summed E-state index contributed by atoms with van der Waals surface area (Å²) in [6.45, 7) is 1.52. The second-order valence-corrected chi connectivity index (χ2v) is 5.05. The van der Waals surface area contributed by atoms with Crippen LogP contribution in [0.5, 0.6) is 5.75 Å². The Bertz CT molecular complexity index is 601. The maximum atomic E-state index is 13.3.